The molecule has 4 nitrogen and oxygen atoms in total. The highest BCUT2D eigenvalue weighted by Gasteiger charge is 1.96. The Labute approximate surface area is 60.2 Å². The van der Waals surface area contributed by atoms with Gasteiger partial charge in [-0.25, -0.2) is 4.79 Å². The number of hydrogen-bond acceptors (Lipinski definition) is 3. The third kappa shape index (κ3) is 5.37. The fraction of sp³-hybridized carbons (Fsp3) is 0.833. The molecule has 0 aliphatic heterocycles. The molecule has 0 saturated heterocycles. The van der Waals surface area contributed by atoms with Gasteiger partial charge in [0.1, 0.15) is 0 Å². The Bertz CT molecular complexity index is 95.0. The third-order valence-corrected chi connectivity index (χ3v) is 0.857. The topological polar surface area (TPSA) is 58.6 Å². The smallest absolute Gasteiger partial charge is 0.407 e. The molecule has 0 radical (unpaired) electrons. The molecule has 0 fully saturated rings. The second-order valence-corrected chi connectivity index (χ2v) is 1.74. The highest BCUT2D eigenvalue weighted by molar-refractivity contribution is 5.66. The summed E-state index contributed by atoms with van der Waals surface area (Å²) >= 11 is 0. The molecule has 0 aromatic heterocycles. The van der Waals surface area contributed by atoms with Crippen molar-refractivity contribution >= 4 is 6.09 Å². The van der Waals surface area contributed by atoms with Gasteiger partial charge in [-0.1, -0.05) is 0 Å². The molecule has 60 valence electrons. The molecule has 0 rings (SSSR count). The van der Waals surface area contributed by atoms with Crippen LogP contribution in [0.2, 0.25) is 0 Å². The van der Waals surface area contributed by atoms with Crippen LogP contribution in [0.4, 0.5) is 4.79 Å². The molecule has 4 heteroatoms. The predicted octanol–water partition coefficient (Wildman–Crippen LogP) is 0.115. The number of carbonyl (C=O) groups excluding carboxylic acids is 1. The predicted molar refractivity (Wildman–Crippen MR) is 36.7 cm³/mol. The van der Waals surface area contributed by atoms with E-state index in [1.165, 1.54) is 0 Å². The summed E-state index contributed by atoms with van der Waals surface area (Å²) in [5, 5.41) is 10.8. The first-order valence-electron chi connectivity index (χ1n) is 3.32. The van der Waals surface area contributed by atoms with Gasteiger partial charge in [0.25, 0.3) is 0 Å². The van der Waals surface area contributed by atoms with E-state index in [-0.39, 0.29) is 13.2 Å². The molecule has 0 aromatic rings. The number of nitrogens with one attached hydrogen (secondary N) is 1. The van der Waals surface area contributed by atoms with Crippen molar-refractivity contribution in [3.63, 3.8) is 0 Å². The first kappa shape index (κ1) is 9.23. The van der Waals surface area contributed by atoms with Gasteiger partial charge in [-0.2, -0.15) is 0 Å². The van der Waals surface area contributed by atoms with Crippen LogP contribution in [-0.4, -0.2) is 31.0 Å². The van der Waals surface area contributed by atoms with Crippen molar-refractivity contribution in [2.75, 3.05) is 19.8 Å². The Morgan fingerprint density at radius 3 is 2.90 bits per heavy atom. The average Bonchev–Trinajstić information content (AvgIpc) is 1.89. The average molecular weight is 147 g/mol. The zero-order valence-corrected chi connectivity index (χ0v) is 6.09. The molecule has 0 aliphatic carbocycles. The van der Waals surface area contributed by atoms with Crippen molar-refractivity contribution in [1.29, 1.82) is 0 Å². The maximum atomic E-state index is 10.5. The summed E-state index contributed by atoms with van der Waals surface area (Å²) in [4.78, 5) is 10.5. The molecule has 0 heterocycles. The van der Waals surface area contributed by atoms with Crippen LogP contribution in [0.25, 0.3) is 0 Å². The van der Waals surface area contributed by atoms with Crippen molar-refractivity contribution in [2.24, 2.45) is 0 Å². The zero-order chi connectivity index (χ0) is 7.82. The van der Waals surface area contributed by atoms with Crippen molar-refractivity contribution in [2.45, 2.75) is 13.3 Å². The molecular weight excluding hydrogens is 134 g/mol. The van der Waals surface area contributed by atoms with Crippen LogP contribution in [0.3, 0.4) is 0 Å². The number of rotatable bonds is 4. The van der Waals surface area contributed by atoms with E-state index in [9.17, 15) is 4.79 Å². The first-order valence-corrected chi connectivity index (χ1v) is 3.32. The minimum Gasteiger partial charge on any atom is -0.449 e. The molecule has 10 heavy (non-hydrogen) atoms. The first-order chi connectivity index (χ1) is 4.81. The van der Waals surface area contributed by atoms with E-state index < -0.39 is 6.09 Å². The SMILES string of the molecule is CCNC(=O)OCCCO. The van der Waals surface area contributed by atoms with Gasteiger partial charge in [0, 0.05) is 19.6 Å². The van der Waals surface area contributed by atoms with Gasteiger partial charge in [-0.05, 0) is 6.92 Å². The second-order valence-electron chi connectivity index (χ2n) is 1.74. The Kier molecular flexibility index (Phi) is 5.86. The number of alkyl carbamates (subject to hydrolysis) is 1. The standard InChI is InChI=1S/C6H13NO3/c1-2-7-6(9)10-5-3-4-8/h8H,2-5H2,1H3,(H,7,9). The maximum absolute atomic E-state index is 10.5. The fourth-order valence-corrected chi connectivity index (χ4v) is 0.425. The second kappa shape index (κ2) is 6.35. The number of hydrogen-bond donors (Lipinski definition) is 2. The van der Waals surface area contributed by atoms with Crippen LogP contribution in [0.1, 0.15) is 13.3 Å². The Morgan fingerprint density at radius 2 is 2.40 bits per heavy atom. The van der Waals surface area contributed by atoms with Crippen LogP contribution in [-0.2, 0) is 4.74 Å². The van der Waals surface area contributed by atoms with Gasteiger partial charge in [0.05, 0.1) is 6.61 Å². The summed E-state index contributed by atoms with van der Waals surface area (Å²) in [6.45, 7) is 2.72. The van der Waals surface area contributed by atoms with Crippen molar-refractivity contribution in [1.82, 2.24) is 5.32 Å². The summed E-state index contributed by atoms with van der Waals surface area (Å²) < 4.78 is 4.61. The molecule has 0 aromatic carbocycles. The van der Waals surface area contributed by atoms with Gasteiger partial charge in [-0.15, -0.1) is 0 Å². The van der Waals surface area contributed by atoms with Gasteiger partial charge in [-0.3, -0.25) is 0 Å². The molecule has 0 atom stereocenters. The molecule has 1 amide bonds. The fourth-order valence-electron chi connectivity index (χ4n) is 0.425. The monoisotopic (exact) mass is 147 g/mol. The Morgan fingerprint density at radius 1 is 1.70 bits per heavy atom. The lowest BCUT2D eigenvalue weighted by molar-refractivity contribution is 0.136. The molecular formula is C6H13NO3. The van der Waals surface area contributed by atoms with Crippen LogP contribution in [0.15, 0.2) is 0 Å². The lowest BCUT2D eigenvalue weighted by atomic mass is 10.5. The summed E-state index contributed by atoms with van der Waals surface area (Å²) in [5.41, 5.74) is 0. The molecule has 0 saturated carbocycles. The Hall–Kier alpha value is -0.770. The number of carbonyl (C=O) groups is 1. The molecule has 0 bridgehead atoms. The zero-order valence-electron chi connectivity index (χ0n) is 6.09. The number of amides is 1. The normalized spacial score (nSPS) is 9.00. The van der Waals surface area contributed by atoms with E-state index in [0.29, 0.717) is 13.0 Å². The van der Waals surface area contributed by atoms with Crippen molar-refractivity contribution in [3.05, 3.63) is 0 Å². The van der Waals surface area contributed by atoms with Gasteiger partial charge in [0.15, 0.2) is 0 Å². The van der Waals surface area contributed by atoms with Crippen LogP contribution >= 0.6 is 0 Å². The highest BCUT2D eigenvalue weighted by atomic mass is 16.5. The van der Waals surface area contributed by atoms with E-state index in [0.717, 1.165) is 0 Å². The maximum Gasteiger partial charge on any atom is 0.407 e. The van der Waals surface area contributed by atoms with E-state index in [1.807, 2.05) is 6.92 Å². The van der Waals surface area contributed by atoms with E-state index >= 15 is 0 Å². The highest BCUT2D eigenvalue weighted by Crippen LogP contribution is 1.81. The minimum absolute atomic E-state index is 0.0550. The van der Waals surface area contributed by atoms with Crippen LogP contribution < -0.4 is 5.32 Å². The van der Waals surface area contributed by atoms with Gasteiger partial charge in [0.2, 0.25) is 0 Å². The number of ether oxygens (including phenoxy) is 1. The van der Waals surface area contributed by atoms with Crippen LogP contribution in [0.5, 0.6) is 0 Å². The quantitative estimate of drug-likeness (QED) is 0.555. The lowest BCUT2D eigenvalue weighted by Crippen LogP contribution is -2.24. The molecule has 2 N–H and O–H groups in total. The largest absolute Gasteiger partial charge is 0.449 e. The van der Waals surface area contributed by atoms with E-state index in [2.05, 4.69) is 10.1 Å². The molecule has 0 unspecified atom stereocenters. The number of aliphatic hydroxyl groups is 1. The third-order valence-electron chi connectivity index (χ3n) is 0.857. The van der Waals surface area contributed by atoms with Crippen LogP contribution in [0, 0.1) is 0 Å². The van der Waals surface area contributed by atoms with E-state index in [4.69, 9.17) is 5.11 Å². The van der Waals surface area contributed by atoms with E-state index in [1.54, 1.807) is 0 Å². The summed E-state index contributed by atoms with van der Waals surface area (Å²) in [6, 6.07) is 0. The summed E-state index contributed by atoms with van der Waals surface area (Å²) in [6.07, 6.45) is 0.0767. The molecule has 0 spiro atoms. The summed E-state index contributed by atoms with van der Waals surface area (Å²) in [7, 11) is 0. The number of aliphatic hydroxyl groups excluding tert-OH is 1. The van der Waals surface area contributed by atoms with Gasteiger partial charge < -0.3 is 15.2 Å². The summed E-state index contributed by atoms with van der Waals surface area (Å²) in [5.74, 6) is 0. The van der Waals surface area contributed by atoms with Crippen molar-refractivity contribution in [3.8, 4) is 0 Å². The van der Waals surface area contributed by atoms with Gasteiger partial charge >= 0.3 is 6.09 Å². The van der Waals surface area contributed by atoms with Crippen molar-refractivity contribution < 1.29 is 14.6 Å². The minimum atomic E-state index is -0.420. The Balaban J connectivity index is 3.05. The molecule has 0 aliphatic rings. The lowest BCUT2D eigenvalue weighted by Gasteiger charge is -2.02.